The van der Waals surface area contributed by atoms with Gasteiger partial charge in [-0.3, -0.25) is 9.59 Å². The van der Waals surface area contributed by atoms with Crippen LogP contribution in [-0.4, -0.2) is 88.8 Å². The van der Waals surface area contributed by atoms with Crippen LogP contribution in [0.5, 0.6) is 0 Å². The zero-order valence-corrected chi connectivity index (χ0v) is 41.6. The lowest BCUT2D eigenvalue weighted by Gasteiger charge is -2.36. The highest BCUT2D eigenvalue weighted by molar-refractivity contribution is 8.00. The molecule has 0 fully saturated rings. The van der Waals surface area contributed by atoms with Crippen LogP contribution in [0.2, 0.25) is 0 Å². The highest BCUT2D eigenvalue weighted by atomic mass is 32.2. The zero-order chi connectivity index (χ0) is 49.3. The van der Waals surface area contributed by atoms with E-state index in [4.69, 9.17) is 18.9 Å². The van der Waals surface area contributed by atoms with Gasteiger partial charge in [-0.2, -0.15) is 0 Å². The molecule has 4 amide bonds. The van der Waals surface area contributed by atoms with E-state index in [9.17, 15) is 28.8 Å². The van der Waals surface area contributed by atoms with E-state index >= 15 is 0 Å². The second kappa shape index (κ2) is 24.3. The molecule has 3 aromatic rings. The molecule has 0 aliphatic heterocycles. The summed E-state index contributed by atoms with van der Waals surface area (Å²) in [6, 6.07) is 25.8. The molecule has 3 rings (SSSR count). The van der Waals surface area contributed by atoms with Crippen LogP contribution in [0, 0.1) is 0 Å². The number of nitrogens with one attached hydrogen (secondary N) is 4. The van der Waals surface area contributed by atoms with E-state index in [1.54, 1.807) is 83.1 Å². The summed E-state index contributed by atoms with van der Waals surface area (Å²) in [6.45, 7) is 20.8. The molecule has 0 bridgehead atoms. The van der Waals surface area contributed by atoms with E-state index in [0.717, 1.165) is 16.7 Å². The summed E-state index contributed by atoms with van der Waals surface area (Å²) in [4.78, 5) is 79.9. The van der Waals surface area contributed by atoms with Gasteiger partial charge >= 0.3 is 30.0 Å². The van der Waals surface area contributed by atoms with Crippen LogP contribution in [0.4, 0.5) is 9.59 Å². The molecule has 0 aliphatic carbocycles. The lowest BCUT2D eigenvalue weighted by molar-refractivity contribution is -0.159. The Bertz CT molecular complexity index is 1940. The Kier molecular flexibility index (Phi) is 20.1. The van der Waals surface area contributed by atoms with E-state index < -0.39 is 81.2 Å². The molecule has 3 atom stereocenters. The molecule has 15 heteroatoms. The van der Waals surface area contributed by atoms with Crippen LogP contribution in [0.1, 0.15) is 132 Å². The number of carbonyl (C=O) groups excluding carboxylic acids is 6. The number of urea groups is 1. The van der Waals surface area contributed by atoms with Crippen molar-refractivity contribution in [2.45, 2.75) is 160 Å². The van der Waals surface area contributed by atoms with Crippen molar-refractivity contribution in [2.75, 3.05) is 12.3 Å². The fraction of sp³-hybridized carbons (Fsp3) is 0.529. The molecule has 3 aromatic carbocycles. The van der Waals surface area contributed by atoms with E-state index in [1.807, 2.05) is 54.6 Å². The van der Waals surface area contributed by atoms with Crippen molar-refractivity contribution in [3.63, 3.8) is 0 Å². The number of carbonyl (C=O) groups is 6. The SMILES string of the molecule is CC(C)(C)OC(=O)CC[C@H](NC(=O)N[C@@H](CCCCNC(=O)[C@H](CSC(c1ccccc1)(c1ccccc1)c1ccccc1)NC(=O)OC(C)(C)C)C(=O)OC(C)(C)C)C(=O)OC(C)(C)C. The monoisotopic (exact) mass is 932 g/mol. The number of unbranched alkanes of at least 4 members (excludes halogenated alkanes) is 1. The Morgan fingerprint density at radius 3 is 1.32 bits per heavy atom. The Balaban J connectivity index is 1.79. The molecular weight excluding hydrogens is 861 g/mol. The Morgan fingerprint density at radius 1 is 0.500 bits per heavy atom. The average Bonchev–Trinajstić information content (AvgIpc) is 3.20. The van der Waals surface area contributed by atoms with Crippen molar-refractivity contribution < 1.29 is 47.7 Å². The standard InChI is InChI=1S/C51H72N4O10S/c1-47(2,3)62-41(56)32-31-39(44(59)64-49(7,8)9)54-45(60)53-38(43(58)63-48(4,5)6)30-22-23-33-52-42(57)40(55-46(61)65-50(10,11)12)34-66-51(35-24-16-13-17-25-35,36-26-18-14-19-27-36)37-28-20-15-21-29-37/h13-21,24-29,38-40H,22-23,30-34H2,1-12H3,(H,52,57)(H,55,61)(H2,53,54,60)/t38-,39-,40-/m0/s1. The summed E-state index contributed by atoms with van der Waals surface area (Å²) in [5.74, 6) is -2.28. The molecule has 0 spiro atoms. The molecular formula is C51H72N4O10S. The molecule has 4 N–H and O–H groups in total. The quantitative estimate of drug-likeness (QED) is 0.0367. The summed E-state index contributed by atoms with van der Waals surface area (Å²) >= 11 is 1.52. The average molecular weight is 933 g/mol. The normalized spacial score (nSPS) is 13.5. The van der Waals surface area contributed by atoms with Crippen molar-refractivity contribution in [1.82, 2.24) is 21.3 Å². The van der Waals surface area contributed by atoms with Gasteiger partial charge in [0.25, 0.3) is 0 Å². The molecule has 0 saturated carbocycles. The Morgan fingerprint density at radius 2 is 0.909 bits per heavy atom. The van der Waals surface area contributed by atoms with Crippen molar-refractivity contribution >= 4 is 47.7 Å². The largest absolute Gasteiger partial charge is 0.460 e. The summed E-state index contributed by atoms with van der Waals surface area (Å²) < 4.78 is 21.4. The van der Waals surface area contributed by atoms with Crippen molar-refractivity contribution in [2.24, 2.45) is 0 Å². The van der Waals surface area contributed by atoms with E-state index in [0.29, 0.717) is 12.8 Å². The van der Waals surface area contributed by atoms with E-state index in [2.05, 4.69) is 57.7 Å². The third kappa shape index (κ3) is 19.5. The van der Waals surface area contributed by atoms with Gasteiger partial charge in [-0.1, -0.05) is 91.0 Å². The highest BCUT2D eigenvalue weighted by Gasteiger charge is 2.39. The van der Waals surface area contributed by atoms with Crippen LogP contribution >= 0.6 is 11.8 Å². The predicted molar refractivity (Wildman–Crippen MR) is 258 cm³/mol. The number of alkyl carbamates (subject to hydrolysis) is 1. The van der Waals surface area contributed by atoms with Gasteiger partial charge < -0.3 is 40.2 Å². The molecule has 0 heterocycles. The third-order valence-electron chi connectivity index (χ3n) is 9.28. The molecule has 362 valence electrons. The number of rotatable bonds is 20. The number of benzene rings is 3. The number of amides is 4. The molecule has 0 aromatic heterocycles. The van der Waals surface area contributed by atoms with Gasteiger partial charge in [-0.25, -0.2) is 19.2 Å². The molecule has 0 aliphatic rings. The Hall–Kier alpha value is -5.57. The van der Waals surface area contributed by atoms with Gasteiger partial charge in [-0.05, 0) is 125 Å². The summed E-state index contributed by atoms with van der Waals surface area (Å²) in [5, 5.41) is 11.0. The maximum atomic E-state index is 14.1. The number of hydrogen-bond donors (Lipinski definition) is 4. The number of ether oxygens (including phenoxy) is 4. The maximum Gasteiger partial charge on any atom is 0.408 e. The third-order valence-corrected chi connectivity index (χ3v) is 10.9. The first-order chi connectivity index (χ1) is 30.7. The van der Waals surface area contributed by atoms with Gasteiger partial charge in [0.2, 0.25) is 5.91 Å². The molecule has 66 heavy (non-hydrogen) atoms. The predicted octanol–water partition coefficient (Wildman–Crippen LogP) is 8.73. The van der Waals surface area contributed by atoms with E-state index in [1.165, 1.54) is 11.8 Å². The van der Waals surface area contributed by atoms with Gasteiger partial charge in [0.1, 0.15) is 40.5 Å². The topological polar surface area (TPSA) is 187 Å². The minimum absolute atomic E-state index is 0.109. The minimum Gasteiger partial charge on any atom is -0.460 e. The lowest BCUT2D eigenvalue weighted by Crippen LogP contribution is -2.53. The Labute approximate surface area is 395 Å². The summed E-state index contributed by atoms with van der Waals surface area (Å²) in [6.07, 6.45) is -0.159. The highest BCUT2D eigenvalue weighted by Crippen LogP contribution is 2.48. The van der Waals surface area contributed by atoms with Crippen LogP contribution in [-0.2, 0) is 42.9 Å². The molecule has 0 saturated heterocycles. The van der Waals surface area contributed by atoms with Crippen molar-refractivity contribution in [1.29, 1.82) is 0 Å². The second-order valence-electron chi connectivity index (χ2n) is 20.0. The fourth-order valence-corrected chi connectivity index (χ4v) is 8.23. The van der Waals surface area contributed by atoms with E-state index in [-0.39, 0.29) is 31.6 Å². The maximum absolute atomic E-state index is 14.1. The number of thioether (sulfide) groups is 1. The second-order valence-corrected chi connectivity index (χ2v) is 21.2. The lowest BCUT2D eigenvalue weighted by atomic mass is 9.84. The molecule has 0 unspecified atom stereocenters. The van der Waals surface area contributed by atoms with Crippen molar-refractivity contribution in [3.05, 3.63) is 108 Å². The van der Waals surface area contributed by atoms with Crippen LogP contribution in [0.15, 0.2) is 91.0 Å². The van der Waals surface area contributed by atoms with Crippen LogP contribution < -0.4 is 21.3 Å². The smallest absolute Gasteiger partial charge is 0.408 e. The van der Waals surface area contributed by atoms with Crippen LogP contribution in [0.3, 0.4) is 0 Å². The summed E-state index contributed by atoms with van der Waals surface area (Å²) in [5.41, 5.74) is -0.334. The summed E-state index contributed by atoms with van der Waals surface area (Å²) in [7, 11) is 0. The van der Waals surface area contributed by atoms with Gasteiger partial charge in [-0.15, -0.1) is 11.8 Å². The van der Waals surface area contributed by atoms with Crippen LogP contribution in [0.25, 0.3) is 0 Å². The molecule has 0 radical (unpaired) electrons. The zero-order valence-electron chi connectivity index (χ0n) is 40.8. The number of hydrogen-bond acceptors (Lipinski definition) is 11. The first-order valence-corrected chi connectivity index (χ1v) is 23.5. The van der Waals surface area contributed by atoms with Gasteiger partial charge in [0, 0.05) is 18.7 Å². The van der Waals surface area contributed by atoms with Gasteiger partial charge in [0.15, 0.2) is 0 Å². The van der Waals surface area contributed by atoms with Crippen molar-refractivity contribution in [3.8, 4) is 0 Å². The fourth-order valence-electron chi connectivity index (χ4n) is 6.67. The molecule has 14 nitrogen and oxygen atoms in total. The van der Waals surface area contributed by atoms with Gasteiger partial charge in [0.05, 0.1) is 4.75 Å². The minimum atomic E-state index is -1.23. The first-order valence-electron chi connectivity index (χ1n) is 22.5. The number of esters is 3. The first kappa shape index (κ1) is 54.8.